The van der Waals surface area contributed by atoms with Crippen LogP contribution in [0.4, 0.5) is 11.4 Å². The van der Waals surface area contributed by atoms with E-state index in [0.29, 0.717) is 53.1 Å². The number of thioether (sulfide) groups is 1. The molecule has 2 N–H and O–H groups in total. The minimum absolute atomic E-state index is 0.0702. The highest BCUT2D eigenvalue weighted by Gasteiger charge is 2.43. The number of benzene rings is 3. The van der Waals surface area contributed by atoms with E-state index in [2.05, 4.69) is 15.6 Å². The number of ether oxygens (including phenoxy) is 1. The predicted octanol–water partition coefficient (Wildman–Crippen LogP) is 4.55. The summed E-state index contributed by atoms with van der Waals surface area (Å²) in [6.45, 7) is 2.37. The Morgan fingerprint density at radius 1 is 1.02 bits per heavy atom. The highest BCUT2D eigenvalue weighted by molar-refractivity contribution is 8.15. The monoisotopic (exact) mass is 569 g/mol. The molecule has 9 nitrogen and oxygen atoms in total. The largest absolute Gasteiger partial charge is 0.495 e. The summed E-state index contributed by atoms with van der Waals surface area (Å²) in [7, 11) is 1.55. The van der Waals surface area contributed by atoms with Crippen molar-refractivity contribution in [3.63, 3.8) is 0 Å². The fourth-order valence-electron chi connectivity index (χ4n) is 4.66. The molecule has 5 rings (SSSR count). The maximum Gasteiger partial charge on any atom is 0.259 e. The molecule has 0 aromatic heterocycles. The summed E-state index contributed by atoms with van der Waals surface area (Å²) >= 11 is 1.20. The summed E-state index contributed by atoms with van der Waals surface area (Å²) in [6, 6.07) is 23.6. The Morgan fingerprint density at radius 3 is 2.54 bits per heavy atom. The van der Waals surface area contributed by atoms with Crippen LogP contribution in [0.5, 0.6) is 5.75 Å². The van der Waals surface area contributed by atoms with Crippen molar-refractivity contribution in [1.82, 2.24) is 10.2 Å². The molecule has 10 heteroatoms. The molecule has 3 aromatic rings. The maximum absolute atomic E-state index is 13.6. The SMILES string of the molecule is CC[C@@H](SC1=Nc2ccccc2C2=N[C@H](CC(=O)NCCc3ccccc3)C(=O)N12)C(=O)Nc1ccccc1OC. The molecule has 2 atom stereocenters. The predicted molar refractivity (Wildman–Crippen MR) is 162 cm³/mol. The zero-order valence-electron chi connectivity index (χ0n) is 22.9. The van der Waals surface area contributed by atoms with Crippen LogP contribution in [-0.4, -0.2) is 58.6 Å². The van der Waals surface area contributed by atoms with Gasteiger partial charge in [0.1, 0.15) is 17.6 Å². The van der Waals surface area contributed by atoms with Crippen molar-refractivity contribution in [3.05, 3.63) is 90.0 Å². The Morgan fingerprint density at radius 2 is 1.76 bits per heavy atom. The van der Waals surface area contributed by atoms with E-state index in [9.17, 15) is 14.4 Å². The summed E-state index contributed by atoms with van der Waals surface area (Å²) in [4.78, 5) is 50.5. The van der Waals surface area contributed by atoms with Crippen LogP contribution >= 0.6 is 11.8 Å². The summed E-state index contributed by atoms with van der Waals surface area (Å²) < 4.78 is 5.36. The number of para-hydroxylation sites is 3. The Balaban J connectivity index is 1.31. The number of nitrogens with zero attached hydrogens (tertiary/aromatic N) is 3. The summed E-state index contributed by atoms with van der Waals surface area (Å²) in [5, 5.41) is 5.65. The number of methoxy groups -OCH3 is 1. The van der Waals surface area contributed by atoms with Crippen LogP contribution in [0, 0.1) is 0 Å². The van der Waals surface area contributed by atoms with E-state index in [-0.39, 0.29) is 24.1 Å². The fourth-order valence-corrected chi connectivity index (χ4v) is 5.68. The third kappa shape index (κ3) is 6.33. The molecule has 41 heavy (non-hydrogen) atoms. The summed E-state index contributed by atoms with van der Waals surface area (Å²) in [5.74, 6) is 0.191. The normalized spacial score (nSPS) is 16.2. The van der Waals surface area contributed by atoms with Crippen molar-refractivity contribution >= 4 is 51.9 Å². The molecule has 3 amide bonds. The quantitative estimate of drug-likeness (QED) is 0.372. The van der Waals surface area contributed by atoms with Crippen LogP contribution in [0.1, 0.15) is 30.9 Å². The lowest BCUT2D eigenvalue weighted by molar-refractivity contribution is -0.128. The van der Waals surface area contributed by atoms with E-state index in [1.165, 1.54) is 16.7 Å². The van der Waals surface area contributed by atoms with Crippen molar-refractivity contribution in [3.8, 4) is 5.75 Å². The van der Waals surface area contributed by atoms with Crippen molar-refractivity contribution < 1.29 is 19.1 Å². The number of carbonyl (C=O) groups is 3. The zero-order valence-corrected chi connectivity index (χ0v) is 23.7. The molecule has 2 heterocycles. The Labute approximate surface area is 243 Å². The molecule has 0 fully saturated rings. The average Bonchev–Trinajstić information content (AvgIpc) is 3.32. The van der Waals surface area contributed by atoms with Gasteiger partial charge >= 0.3 is 0 Å². The summed E-state index contributed by atoms with van der Waals surface area (Å²) in [6.07, 6.45) is 1.12. The molecule has 0 radical (unpaired) electrons. The lowest BCUT2D eigenvalue weighted by Crippen LogP contribution is -2.43. The third-order valence-electron chi connectivity index (χ3n) is 6.78. The maximum atomic E-state index is 13.6. The number of hydrogen-bond donors (Lipinski definition) is 2. The number of aliphatic imine (C=N–C) groups is 2. The van der Waals surface area contributed by atoms with Crippen molar-refractivity contribution in [2.75, 3.05) is 19.0 Å². The second-order valence-corrected chi connectivity index (χ2v) is 10.7. The van der Waals surface area contributed by atoms with Gasteiger partial charge in [0.2, 0.25) is 11.8 Å². The van der Waals surface area contributed by atoms with Gasteiger partial charge in [-0.05, 0) is 42.7 Å². The molecule has 0 spiro atoms. The van der Waals surface area contributed by atoms with Gasteiger partial charge in [0.05, 0.1) is 30.2 Å². The van der Waals surface area contributed by atoms with Gasteiger partial charge in [0.15, 0.2) is 5.17 Å². The van der Waals surface area contributed by atoms with Gasteiger partial charge in [-0.3, -0.25) is 19.4 Å². The molecule has 210 valence electrons. The topological polar surface area (TPSA) is 112 Å². The molecule has 2 aliphatic rings. The number of nitrogens with one attached hydrogen (secondary N) is 2. The third-order valence-corrected chi connectivity index (χ3v) is 8.10. The first-order valence-corrected chi connectivity index (χ1v) is 14.4. The molecule has 2 aliphatic heterocycles. The van der Waals surface area contributed by atoms with E-state index < -0.39 is 11.3 Å². The van der Waals surface area contributed by atoms with Gasteiger partial charge < -0.3 is 15.4 Å². The van der Waals surface area contributed by atoms with Crippen molar-refractivity contribution in [2.24, 2.45) is 9.98 Å². The Kier molecular flexibility index (Phi) is 8.79. The molecule has 0 saturated heterocycles. The molecule has 0 unspecified atom stereocenters. The molecular weight excluding hydrogens is 538 g/mol. The average molecular weight is 570 g/mol. The lowest BCUT2D eigenvalue weighted by atomic mass is 10.1. The molecule has 0 saturated carbocycles. The first-order valence-electron chi connectivity index (χ1n) is 13.5. The van der Waals surface area contributed by atoms with Crippen LogP contribution in [0.2, 0.25) is 0 Å². The number of carbonyl (C=O) groups excluding carboxylic acids is 3. The van der Waals surface area contributed by atoms with Crippen LogP contribution in [-0.2, 0) is 20.8 Å². The number of amidine groups is 2. The van der Waals surface area contributed by atoms with Crippen LogP contribution in [0.3, 0.4) is 0 Å². The van der Waals surface area contributed by atoms with Gasteiger partial charge in [-0.1, -0.05) is 73.3 Å². The highest BCUT2D eigenvalue weighted by Crippen LogP contribution is 2.36. The van der Waals surface area contributed by atoms with Crippen molar-refractivity contribution in [1.29, 1.82) is 0 Å². The van der Waals surface area contributed by atoms with Gasteiger partial charge in [-0.25, -0.2) is 9.89 Å². The Bertz CT molecular complexity index is 1510. The number of fused-ring (bicyclic) bond motifs is 3. The summed E-state index contributed by atoms with van der Waals surface area (Å²) in [5.41, 5.74) is 3.05. The number of hydrogen-bond acceptors (Lipinski definition) is 7. The second-order valence-electron chi connectivity index (χ2n) is 9.55. The van der Waals surface area contributed by atoms with Gasteiger partial charge in [0, 0.05) is 12.1 Å². The van der Waals surface area contributed by atoms with E-state index in [1.807, 2.05) is 73.7 Å². The minimum Gasteiger partial charge on any atom is -0.495 e. The van der Waals surface area contributed by atoms with Gasteiger partial charge in [-0.2, -0.15) is 0 Å². The Hall–Kier alpha value is -4.44. The van der Waals surface area contributed by atoms with E-state index in [0.717, 1.165) is 5.56 Å². The number of rotatable bonds is 10. The van der Waals surface area contributed by atoms with Crippen LogP contribution in [0.15, 0.2) is 88.8 Å². The lowest BCUT2D eigenvalue weighted by Gasteiger charge is -2.27. The van der Waals surface area contributed by atoms with E-state index >= 15 is 0 Å². The smallest absolute Gasteiger partial charge is 0.259 e. The first kappa shape index (κ1) is 28.1. The minimum atomic E-state index is -0.874. The van der Waals surface area contributed by atoms with Gasteiger partial charge in [-0.15, -0.1) is 0 Å². The molecular formula is C31H31N5O4S. The number of anilines is 1. The van der Waals surface area contributed by atoms with Crippen LogP contribution < -0.4 is 15.4 Å². The standard InChI is InChI=1S/C31H31N5O4S/c1-3-26(29(38)34-23-15-9-10-16-25(23)40-2)41-31-35-22-14-8-7-13-21(22)28-33-24(30(39)36(28)31)19-27(37)32-18-17-20-11-5-4-6-12-20/h4-16,24,26H,3,17-19H2,1-2H3,(H,32,37)(H,34,38)/t24-,26-/m1/s1. The van der Waals surface area contributed by atoms with Gasteiger partial charge in [0.25, 0.3) is 5.91 Å². The highest BCUT2D eigenvalue weighted by atomic mass is 32.2. The zero-order chi connectivity index (χ0) is 28.8. The molecule has 0 bridgehead atoms. The first-order chi connectivity index (χ1) is 20.0. The van der Waals surface area contributed by atoms with Crippen molar-refractivity contribution in [2.45, 2.75) is 37.5 Å². The number of amides is 3. The molecule has 0 aliphatic carbocycles. The van der Waals surface area contributed by atoms with Crippen LogP contribution in [0.25, 0.3) is 0 Å². The second kappa shape index (κ2) is 12.8. The fraction of sp³-hybridized carbons (Fsp3) is 0.258. The van der Waals surface area contributed by atoms with E-state index in [1.54, 1.807) is 19.2 Å². The van der Waals surface area contributed by atoms with E-state index in [4.69, 9.17) is 9.73 Å². The molecule has 3 aromatic carbocycles.